The van der Waals surface area contributed by atoms with Gasteiger partial charge in [0.05, 0.1) is 28.0 Å². The number of benzene rings is 2. The standard InChI is InChI=1S/2C20H32ClN3O4/c1-12(2)10-28-18(27)23-15-9-13(8-14(21)16(15)25)22-17(26)24-20(6,7)11-19(3,4)5;1-8-12(2)28-18(27)23-15-10-13(9-14(21)16(15)25)22-17(26)24-20(6,7)11-19(3,4)5/h8-9,12,25H,10-11H2,1-7H3,(H,23,27)(H2,22,24,26);9-10,12,25H,8,11H2,1-7H3,(H,23,27)(H2,22,24,26). The molecular weight excluding hydrogens is 763 g/mol. The van der Waals surface area contributed by atoms with E-state index >= 15 is 0 Å². The van der Waals surface area contributed by atoms with Gasteiger partial charge in [0.25, 0.3) is 0 Å². The van der Waals surface area contributed by atoms with Gasteiger partial charge in [0, 0.05) is 22.5 Å². The largest absolute Gasteiger partial charge is 0.504 e. The molecule has 2 aromatic rings. The summed E-state index contributed by atoms with van der Waals surface area (Å²) in [5.74, 6) is -0.431. The van der Waals surface area contributed by atoms with Crippen LogP contribution in [0, 0.1) is 16.7 Å². The third kappa shape index (κ3) is 20.0. The molecule has 0 bridgehead atoms. The molecule has 1 atom stereocenters. The molecule has 14 nitrogen and oxygen atoms in total. The number of ether oxygens (including phenoxy) is 2. The normalized spacial score (nSPS) is 12.4. The fourth-order valence-electron chi connectivity index (χ4n) is 6.01. The van der Waals surface area contributed by atoms with Crippen LogP contribution in [0.5, 0.6) is 11.5 Å². The van der Waals surface area contributed by atoms with Gasteiger partial charge in [-0.05, 0) is 94.9 Å². The molecule has 2 aromatic carbocycles. The molecule has 0 radical (unpaired) electrons. The van der Waals surface area contributed by atoms with Crippen molar-refractivity contribution in [2.24, 2.45) is 16.7 Å². The monoisotopic (exact) mass is 826 g/mol. The van der Waals surface area contributed by atoms with Gasteiger partial charge in [0.2, 0.25) is 0 Å². The number of anilines is 4. The van der Waals surface area contributed by atoms with Crippen LogP contribution in [0.15, 0.2) is 24.3 Å². The minimum absolute atomic E-state index is 0.00842. The Kier molecular flexibility index (Phi) is 18.4. The van der Waals surface area contributed by atoms with E-state index in [-0.39, 0.29) is 62.4 Å². The molecule has 0 aliphatic carbocycles. The Morgan fingerprint density at radius 3 is 1.36 bits per heavy atom. The second-order valence-corrected chi connectivity index (χ2v) is 18.8. The van der Waals surface area contributed by atoms with Gasteiger partial charge in [-0.15, -0.1) is 0 Å². The van der Waals surface area contributed by atoms with Crippen molar-refractivity contribution in [1.82, 2.24) is 10.6 Å². The predicted molar refractivity (Wildman–Crippen MR) is 227 cm³/mol. The van der Waals surface area contributed by atoms with E-state index < -0.39 is 35.3 Å². The highest BCUT2D eigenvalue weighted by molar-refractivity contribution is 6.33. The third-order valence-corrected chi connectivity index (χ3v) is 7.97. The number of hydrogen-bond donors (Lipinski definition) is 8. The second-order valence-electron chi connectivity index (χ2n) is 18.0. The van der Waals surface area contributed by atoms with Crippen LogP contribution in [0.2, 0.25) is 10.0 Å². The summed E-state index contributed by atoms with van der Waals surface area (Å²) in [6.07, 6.45) is 0.513. The van der Waals surface area contributed by atoms with Crippen LogP contribution >= 0.6 is 23.2 Å². The number of carbonyl (C=O) groups is 4. The Hall–Kier alpha value is -4.30. The van der Waals surface area contributed by atoms with Gasteiger partial charge in [-0.25, -0.2) is 19.2 Å². The minimum atomic E-state index is -0.715. The van der Waals surface area contributed by atoms with Crippen LogP contribution < -0.4 is 31.9 Å². The van der Waals surface area contributed by atoms with Crippen molar-refractivity contribution in [2.45, 2.75) is 133 Å². The van der Waals surface area contributed by atoms with Crippen molar-refractivity contribution in [1.29, 1.82) is 0 Å². The quantitative estimate of drug-likeness (QED) is 0.0763. The number of hydrogen-bond acceptors (Lipinski definition) is 8. The lowest BCUT2D eigenvalue weighted by Gasteiger charge is -2.33. The fraction of sp³-hybridized carbons (Fsp3) is 0.600. The van der Waals surface area contributed by atoms with E-state index in [1.807, 2.05) is 48.5 Å². The maximum absolute atomic E-state index is 12.4. The molecule has 8 N–H and O–H groups in total. The van der Waals surface area contributed by atoms with Crippen molar-refractivity contribution in [2.75, 3.05) is 27.9 Å². The van der Waals surface area contributed by atoms with Crippen LogP contribution in [-0.4, -0.2) is 58.3 Å². The third-order valence-electron chi connectivity index (χ3n) is 7.40. The summed E-state index contributed by atoms with van der Waals surface area (Å²) in [7, 11) is 0. The Bertz CT molecular complexity index is 1670. The van der Waals surface area contributed by atoms with E-state index in [1.165, 1.54) is 24.3 Å². The molecule has 0 heterocycles. The van der Waals surface area contributed by atoms with E-state index in [1.54, 1.807) is 6.92 Å². The molecule has 0 saturated carbocycles. The van der Waals surface area contributed by atoms with Crippen LogP contribution in [0.25, 0.3) is 0 Å². The Morgan fingerprint density at radius 2 is 1.02 bits per heavy atom. The van der Waals surface area contributed by atoms with Crippen molar-refractivity contribution in [3.63, 3.8) is 0 Å². The molecule has 316 valence electrons. The number of urea groups is 2. The number of amides is 6. The molecule has 0 fully saturated rings. The van der Waals surface area contributed by atoms with Gasteiger partial charge < -0.3 is 41.0 Å². The predicted octanol–water partition coefficient (Wildman–Crippen LogP) is 11.3. The summed E-state index contributed by atoms with van der Waals surface area (Å²) in [6, 6.07) is 4.80. The summed E-state index contributed by atoms with van der Waals surface area (Å²) in [4.78, 5) is 48.5. The van der Waals surface area contributed by atoms with Crippen LogP contribution in [-0.2, 0) is 9.47 Å². The van der Waals surface area contributed by atoms with Crippen LogP contribution in [0.1, 0.15) is 116 Å². The highest BCUT2D eigenvalue weighted by Crippen LogP contribution is 2.37. The maximum atomic E-state index is 12.4. The van der Waals surface area contributed by atoms with E-state index in [4.69, 9.17) is 32.7 Å². The molecule has 0 spiro atoms. The number of halogens is 2. The second kappa shape index (κ2) is 20.7. The van der Waals surface area contributed by atoms with Crippen molar-refractivity contribution >= 4 is 70.2 Å². The lowest BCUT2D eigenvalue weighted by Crippen LogP contribution is -2.47. The molecule has 16 heteroatoms. The Morgan fingerprint density at radius 1 is 0.643 bits per heavy atom. The van der Waals surface area contributed by atoms with Gasteiger partial charge >= 0.3 is 24.2 Å². The zero-order valence-electron chi connectivity index (χ0n) is 35.4. The Labute approximate surface area is 342 Å². The summed E-state index contributed by atoms with van der Waals surface area (Å²) in [6.45, 7) is 28.1. The molecule has 0 aliphatic heterocycles. The lowest BCUT2D eigenvalue weighted by molar-refractivity contribution is 0.118. The topological polar surface area (TPSA) is 199 Å². The highest BCUT2D eigenvalue weighted by Gasteiger charge is 2.28. The number of phenols is 2. The van der Waals surface area contributed by atoms with E-state index in [2.05, 4.69) is 73.4 Å². The molecule has 56 heavy (non-hydrogen) atoms. The van der Waals surface area contributed by atoms with Crippen molar-refractivity contribution < 1.29 is 38.9 Å². The smallest absolute Gasteiger partial charge is 0.412 e. The van der Waals surface area contributed by atoms with Crippen molar-refractivity contribution in [3.8, 4) is 11.5 Å². The molecule has 0 aromatic heterocycles. The first-order valence-electron chi connectivity index (χ1n) is 18.6. The average Bonchev–Trinajstić information content (AvgIpc) is 2.98. The summed E-state index contributed by atoms with van der Waals surface area (Å²) >= 11 is 12.0. The first kappa shape index (κ1) is 49.7. The SMILES string of the molecule is CC(C)COC(=O)Nc1cc(NC(=O)NC(C)(C)CC(C)(C)C)cc(Cl)c1O.CCC(C)OC(=O)Nc1cc(NC(=O)NC(C)(C)CC(C)(C)C)cc(Cl)c1O. The molecule has 6 amide bonds. The number of rotatable bonds is 12. The zero-order chi connectivity index (χ0) is 43.4. The first-order chi connectivity index (χ1) is 25.4. The maximum Gasteiger partial charge on any atom is 0.412 e. The summed E-state index contributed by atoms with van der Waals surface area (Å²) in [5.41, 5.74) is -0.0143. The van der Waals surface area contributed by atoms with Gasteiger partial charge in [-0.3, -0.25) is 10.6 Å². The highest BCUT2D eigenvalue weighted by atomic mass is 35.5. The average molecular weight is 828 g/mol. The Balaban J connectivity index is 0.000000560. The molecule has 1 unspecified atom stereocenters. The van der Waals surface area contributed by atoms with Gasteiger partial charge in [0.15, 0.2) is 11.5 Å². The molecule has 2 rings (SSSR count). The van der Waals surface area contributed by atoms with Gasteiger partial charge in [-0.1, -0.05) is 85.5 Å². The molecular formula is C40H64Cl2N6O8. The van der Waals surface area contributed by atoms with Crippen molar-refractivity contribution in [3.05, 3.63) is 34.3 Å². The van der Waals surface area contributed by atoms with Crippen LogP contribution in [0.4, 0.5) is 41.9 Å². The number of phenolic OH excluding ortho intramolecular Hbond substituents is 2. The van der Waals surface area contributed by atoms with Crippen LogP contribution in [0.3, 0.4) is 0 Å². The zero-order valence-corrected chi connectivity index (χ0v) is 36.9. The van der Waals surface area contributed by atoms with E-state index in [0.29, 0.717) is 17.8 Å². The lowest BCUT2D eigenvalue weighted by atomic mass is 9.82. The number of nitrogens with one attached hydrogen (secondary N) is 6. The fourth-order valence-corrected chi connectivity index (χ4v) is 6.45. The van der Waals surface area contributed by atoms with E-state index in [9.17, 15) is 29.4 Å². The molecule has 0 aliphatic rings. The molecule has 0 saturated heterocycles. The summed E-state index contributed by atoms with van der Waals surface area (Å²) in [5, 5.41) is 36.2. The van der Waals surface area contributed by atoms with E-state index in [0.717, 1.165) is 12.8 Å². The number of aromatic hydroxyl groups is 2. The summed E-state index contributed by atoms with van der Waals surface area (Å²) < 4.78 is 10.2. The van der Waals surface area contributed by atoms with Gasteiger partial charge in [0.1, 0.15) is 6.10 Å². The number of carbonyl (C=O) groups excluding carboxylic acids is 4. The van der Waals surface area contributed by atoms with Gasteiger partial charge in [-0.2, -0.15) is 0 Å². The first-order valence-corrected chi connectivity index (χ1v) is 19.3. The minimum Gasteiger partial charge on any atom is -0.504 e.